The minimum atomic E-state index is 0.0293. The van der Waals surface area contributed by atoms with E-state index in [1.54, 1.807) is 18.2 Å². The maximum Gasteiger partial charge on any atom is 0.159 e. The summed E-state index contributed by atoms with van der Waals surface area (Å²) in [5.41, 5.74) is 1.53. The number of rotatable bonds is 3. The summed E-state index contributed by atoms with van der Waals surface area (Å²) < 4.78 is 0. The van der Waals surface area contributed by atoms with Crippen molar-refractivity contribution >= 4 is 23.1 Å². The van der Waals surface area contributed by atoms with Crippen LogP contribution < -0.4 is 5.32 Å². The van der Waals surface area contributed by atoms with E-state index in [0.717, 1.165) is 12.2 Å². The van der Waals surface area contributed by atoms with Crippen molar-refractivity contribution in [2.45, 2.75) is 13.8 Å². The molecule has 1 aromatic carbocycles. The van der Waals surface area contributed by atoms with Gasteiger partial charge in [-0.05, 0) is 32.0 Å². The van der Waals surface area contributed by atoms with Gasteiger partial charge in [0, 0.05) is 22.8 Å². The maximum atomic E-state index is 11.1. The Kier molecular flexibility index (Phi) is 3.32. The largest absolute Gasteiger partial charge is 0.385 e. The van der Waals surface area contributed by atoms with Crippen LogP contribution in [0.5, 0.6) is 0 Å². The maximum absolute atomic E-state index is 11.1. The number of ketones is 1. The minimum absolute atomic E-state index is 0.0293. The monoisotopic (exact) mass is 197 g/mol. The Morgan fingerprint density at radius 1 is 1.46 bits per heavy atom. The molecule has 0 heterocycles. The van der Waals surface area contributed by atoms with Crippen LogP contribution in [0.2, 0.25) is 5.02 Å². The number of nitrogens with one attached hydrogen (secondary N) is 1. The molecule has 2 nitrogen and oxygen atoms in total. The Labute approximate surface area is 82.9 Å². The van der Waals surface area contributed by atoms with Gasteiger partial charge in [-0.15, -0.1) is 0 Å². The molecule has 0 saturated carbocycles. The van der Waals surface area contributed by atoms with Gasteiger partial charge in [0.25, 0.3) is 0 Å². The number of hydrogen-bond acceptors (Lipinski definition) is 2. The molecule has 3 heteroatoms. The zero-order valence-corrected chi connectivity index (χ0v) is 8.48. The number of carbonyl (C=O) groups is 1. The van der Waals surface area contributed by atoms with E-state index in [1.807, 2.05) is 6.92 Å². The van der Waals surface area contributed by atoms with Crippen LogP contribution in [-0.4, -0.2) is 12.3 Å². The molecular weight excluding hydrogens is 186 g/mol. The van der Waals surface area contributed by atoms with Crippen LogP contribution in [0.3, 0.4) is 0 Å². The summed E-state index contributed by atoms with van der Waals surface area (Å²) >= 11 is 5.84. The summed E-state index contributed by atoms with van der Waals surface area (Å²) in [6.07, 6.45) is 0. The van der Waals surface area contributed by atoms with Gasteiger partial charge in [-0.2, -0.15) is 0 Å². The second kappa shape index (κ2) is 4.28. The molecule has 0 radical (unpaired) electrons. The van der Waals surface area contributed by atoms with Crippen molar-refractivity contribution in [1.82, 2.24) is 0 Å². The van der Waals surface area contributed by atoms with E-state index in [4.69, 9.17) is 11.6 Å². The molecule has 70 valence electrons. The summed E-state index contributed by atoms with van der Waals surface area (Å²) in [7, 11) is 0. The number of benzene rings is 1. The van der Waals surface area contributed by atoms with E-state index >= 15 is 0 Å². The molecule has 0 bridgehead atoms. The molecule has 1 rings (SSSR count). The van der Waals surface area contributed by atoms with Crippen LogP contribution in [0, 0.1) is 0 Å². The molecular formula is C10H12ClNO. The lowest BCUT2D eigenvalue weighted by molar-refractivity contribution is 0.101. The number of hydrogen-bond donors (Lipinski definition) is 1. The standard InChI is InChI=1S/C10H12ClNO/c1-3-12-10-5-8(7(2)13)4-9(11)6-10/h4-6,12H,3H2,1-2H3. The molecule has 0 saturated heterocycles. The summed E-state index contributed by atoms with van der Waals surface area (Å²) in [6.45, 7) is 4.34. The van der Waals surface area contributed by atoms with Crippen molar-refractivity contribution in [3.8, 4) is 0 Å². The zero-order valence-electron chi connectivity index (χ0n) is 7.73. The molecule has 0 amide bonds. The van der Waals surface area contributed by atoms with Crippen molar-refractivity contribution in [2.75, 3.05) is 11.9 Å². The second-order valence-corrected chi connectivity index (χ2v) is 3.25. The topological polar surface area (TPSA) is 29.1 Å². The van der Waals surface area contributed by atoms with E-state index in [-0.39, 0.29) is 5.78 Å². The third-order valence-corrected chi connectivity index (χ3v) is 1.90. The van der Waals surface area contributed by atoms with Gasteiger partial charge in [0.2, 0.25) is 0 Å². The SMILES string of the molecule is CCNc1cc(Cl)cc(C(C)=O)c1. The molecule has 0 aliphatic carbocycles. The first-order valence-electron chi connectivity index (χ1n) is 4.19. The van der Waals surface area contributed by atoms with E-state index in [2.05, 4.69) is 5.32 Å². The van der Waals surface area contributed by atoms with Crippen LogP contribution in [-0.2, 0) is 0 Å². The second-order valence-electron chi connectivity index (χ2n) is 2.82. The third kappa shape index (κ3) is 2.74. The molecule has 0 aliphatic rings. The van der Waals surface area contributed by atoms with Gasteiger partial charge in [0.05, 0.1) is 0 Å². The van der Waals surface area contributed by atoms with E-state index in [1.165, 1.54) is 6.92 Å². The predicted octanol–water partition coefficient (Wildman–Crippen LogP) is 2.97. The molecule has 1 aromatic rings. The van der Waals surface area contributed by atoms with Gasteiger partial charge >= 0.3 is 0 Å². The first-order chi connectivity index (χ1) is 6.13. The number of anilines is 1. The first-order valence-corrected chi connectivity index (χ1v) is 4.56. The molecule has 0 fully saturated rings. The molecule has 0 aliphatic heterocycles. The molecule has 13 heavy (non-hydrogen) atoms. The summed E-state index contributed by atoms with van der Waals surface area (Å²) in [5.74, 6) is 0.0293. The normalized spacial score (nSPS) is 9.77. The lowest BCUT2D eigenvalue weighted by atomic mass is 10.1. The van der Waals surface area contributed by atoms with Gasteiger partial charge in [-0.3, -0.25) is 4.79 Å². The van der Waals surface area contributed by atoms with Crippen molar-refractivity contribution in [3.63, 3.8) is 0 Å². The van der Waals surface area contributed by atoms with Gasteiger partial charge in [0.1, 0.15) is 0 Å². The third-order valence-electron chi connectivity index (χ3n) is 1.69. The first kappa shape index (κ1) is 10.1. The molecule has 0 atom stereocenters. The number of halogens is 1. The molecule has 0 spiro atoms. The van der Waals surface area contributed by atoms with Crippen molar-refractivity contribution in [3.05, 3.63) is 28.8 Å². The fourth-order valence-corrected chi connectivity index (χ4v) is 1.33. The van der Waals surface area contributed by atoms with Crippen LogP contribution >= 0.6 is 11.6 Å². The molecule has 1 N–H and O–H groups in total. The fraction of sp³-hybridized carbons (Fsp3) is 0.300. The van der Waals surface area contributed by atoms with Crippen molar-refractivity contribution in [1.29, 1.82) is 0 Å². The Balaban J connectivity index is 3.03. The average molecular weight is 198 g/mol. The summed E-state index contributed by atoms with van der Waals surface area (Å²) in [4.78, 5) is 11.1. The Morgan fingerprint density at radius 2 is 2.15 bits per heavy atom. The van der Waals surface area contributed by atoms with Gasteiger partial charge in [0.15, 0.2) is 5.78 Å². The minimum Gasteiger partial charge on any atom is -0.385 e. The van der Waals surface area contributed by atoms with Gasteiger partial charge in [-0.1, -0.05) is 11.6 Å². The van der Waals surface area contributed by atoms with Gasteiger partial charge < -0.3 is 5.32 Å². The lowest BCUT2D eigenvalue weighted by Crippen LogP contribution is -1.99. The van der Waals surface area contributed by atoms with Gasteiger partial charge in [-0.25, -0.2) is 0 Å². The lowest BCUT2D eigenvalue weighted by Gasteiger charge is -2.05. The quantitative estimate of drug-likeness (QED) is 0.755. The average Bonchev–Trinajstić information content (AvgIpc) is 2.03. The Bertz CT molecular complexity index is 323. The van der Waals surface area contributed by atoms with E-state index in [0.29, 0.717) is 10.6 Å². The van der Waals surface area contributed by atoms with Crippen LogP contribution in [0.15, 0.2) is 18.2 Å². The van der Waals surface area contributed by atoms with Crippen LogP contribution in [0.1, 0.15) is 24.2 Å². The van der Waals surface area contributed by atoms with E-state index in [9.17, 15) is 4.79 Å². The summed E-state index contributed by atoms with van der Waals surface area (Å²) in [5, 5.41) is 3.69. The van der Waals surface area contributed by atoms with Crippen LogP contribution in [0.4, 0.5) is 5.69 Å². The van der Waals surface area contributed by atoms with E-state index < -0.39 is 0 Å². The smallest absolute Gasteiger partial charge is 0.159 e. The highest BCUT2D eigenvalue weighted by Gasteiger charge is 2.02. The summed E-state index contributed by atoms with van der Waals surface area (Å²) in [6, 6.07) is 5.28. The Hall–Kier alpha value is -1.02. The highest BCUT2D eigenvalue weighted by molar-refractivity contribution is 6.31. The highest BCUT2D eigenvalue weighted by atomic mass is 35.5. The van der Waals surface area contributed by atoms with Crippen molar-refractivity contribution < 1.29 is 4.79 Å². The van der Waals surface area contributed by atoms with Crippen LogP contribution in [0.25, 0.3) is 0 Å². The number of Topliss-reactive ketones (excluding diaryl/α,β-unsaturated/α-hetero) is 1. The highest BCUT2D eigenvalue weighted by Crippen LogP contribution is 2.19. The molecule has 0 unspecified atom stereocenters. The molecule has 0 aromatic heterocycles. The predicted molar refractivity (Wildman–Crippen MR) is 55.6 cm³/mol. The zero-order chi connectivity index (χ0) is 9.84. The van der Waals surface area contributed by atoms with Crippen molar-refractivity contribution in [2.24, 2.45) is 0 Å². The Morgan fingerprint density at radius 3 is 2.69 bits per heavy atom. The fourth-order valence-electron chi connectivity index (χ4n) is 1.10. The number of carbonyl (C=O) groups excluding carboxylic acids is 1.